The molecule has 0 amide bonds. The predicted octanol–water partition coefficient (Wildman–Crippen LogP) is 2.39. The first-order chi connectivity index (χ1) is 8.04. The third kappa shape index (κ3) is 3.48. The molecule has 0 radical (unpaired) electrons. The maximum atomic E-state index is 10.9. The number of halogens is 2. The smallest absolute Gasteiger partial charge is 0.264 e. The molecule has 1 aliphatic rings. The number of carbonyl (C=O) groups excluding carboxylic acids is 1. The minimum atomic E-state index is -0.483. The fraction of sp³-hybridized carbons (Fsp3) is 0.444. The van der Waals surface area contributed by atoms with E-state index in [1.807, 2.05) is 6.92 Å². The molecule has 2 heterocycles. The van der Waals surface area contributed by atoms with Gasteiger partial charge in [-0.1, -0.05) is 11.3 Å². The van der Waals surface area contributed by atoms with E-state index in [2.05, 4.69) is 36.5 Å². The molecule has 0 fully saturated rings. The van der Waals surface area contributed by atoms with E-state index in [0.717, 1.165) is 11.0 Å². The second kappa shape index (κ2) is 5.43. The van der Waals surface area contributed by atoms with Gasteiger partial charge in [-0.15, -0.1) is 0 Å². The quantitative estimate of drug-likeness (QED) is 0.831. The highest BCUT2D eigenvalue weighted by Crippen LogP contribution is 2.21. The van der Waals surface area contributed by atoms with Gasteiger partial charge in [-0.25, -0.2) is 4.98 Å². The number of hydrogen-bond acceptors (Lipinski definition) is 6. The van der Waals surface area contributed by atoms with Crippen LogP contribution in [0.3, 0.4) is 0 Å². The van der Waals surface area contributed by atoms with Crippen LogP contribution in [0.25, 0.3) is 0 Å². The van der Waals surface area contributed by atoms with Crippen molar-refractivity contribution in [3.05, 3.63) is 11.1 Å². The Labute approximate surface area is 116 Å². The highest BCUT2D eigenvalue weighted by atomic mass is 79.9. The van der Waals surface area contributed by atoms with Crippen LogP contribution in [-0.2, 0) is 0 Å². The summed E-state index contributed by atoms with van der Waals surface area (Å²) in [6.45, 7) is 1.96. The first-order valence-electron chi connectivity index (χ1n) is 4.95. The van der Waals surface area contributed by atoms with E-state index in [0.29, 0.717) is 10.0 Å². The monoisotopic (exact) mass is 336 g/mol. The lowest BCUT2D eigenvalue weighted by molar-refractivity contribution is 0.108. The molecule has 0 spiro atoms. The number of aromatic nitrogens is 1. The van der Waals surface area contributed by atoms with Gasteiger partial charge >= 0.3 is 0 Å². The fourth-order valence-electron chi connectivity index (χ4n) is 1.49. The van der Waals surface area contributed by atoms with Gasteiger partial charge in [0.25, 0.3) is 5.24 Å². The standard InChI is InChI=1S/C9H10BrClN4OS/c1-4-13-6(10)2-7(14-4)15-9-12-3-5(17-9)8(11)16/h3-4,7,14H,2H2,1H3,(H,12,15)/t4-,7+/m1/s1. The lowest BCUT2D eigenvalue weighted by atomic mass is 10.3. The van der Waals surface area contributed by atoms with Crippen LogP contribution in [0.15, 0.2) is 11.2 Å². The van der Waals surface area contributed by atoms with Gasteiger partial charge in [-0.3, -0.25) is 15.1 Å². The Hall–Kier alpha value is -0.500. The minimum Gasteiger partial charge on any atom is -0.346 e. The SMILES string of the molecule is C[C@@H]1N=C(Br)C[C@H](Nc2ncc(C(=O)Cl)s2)N1. The van der Waals surface area contributed by atoms with Crippen molar-refractivity contribution < 1.29 is 4.79 Å². The normalized spacial score (nSPS) is 24.3. The second-order valence-electron chi connectivity index (χ2n) is 3.55. The molecule has 17 heavy (non-hydrogen) atoms. The van der Waals surface area contributed by atoms with E-state index < -0.39 is 5.24 Å². The minimum absolute atomic E-state index is 0.0429. The average Bonchev–Trinajstić information content (AvgIpc) is 2.64. The van der Waals surface area contributed by atoms with Crippen LogP contribution >= 0.6 is 38.9 Å². The molecule has 0 saturated heterocycles. The molecule has 0 bridgehead atoms. The number of anilines is 1. The van der Waals surface area contributed by atoms with Gasteiger partial charge in [0.2, 0.25) is 0 Å². The van der Waals surface area contributed by atoms with Crippen molar-refractivity contribution in [2.45, 2.75) is 25.7 Å². The number of nitrogens with zero attached hydrogens (tertiary/aromatic N) is 2. The number of thiazole rings is 1. The highest BCUT2D eigenvalue weighted by Gasteiger charge is 2.20. The van der Waals surface area contributed by atoms with Crippen LogP contribution in [0.1, 0.15) is 23.0 Å². The molecule has 2 atom stereocenters. The van der Waals surface area contributed by atoms with E-state index in [9.17, 15) is 4.79 Å². The maximum Gasteiger partial charge on any atom is 0.264 e. The summed E-state index contributed by atoms with van der Waals surface area (Å²) in [6, 6.07) is 0. The number of nitrogens with one attached hydrogen (secondary N) is 2. The Bertz CT molecular complexity index is 464. The van der Waals surface area contributed by atoms with Crippen LogP contribution in [0.2, 0.25) is 0 Å². The molecule has 2 N–H and O–H groups in total. The molecule has 92 valence electrons. The Morgan fingerprint density at radius 2 is 2.53 bits per heavy atom. The number of hydrogen-bond donors (Lipinski definition) is 2. The molecule has 8 heteroatoms. The number of carbonyl (C=O) groups is 1. The van der Waals surface area contributed by atoms with Gasteiger partial charge in [-0.2, -0.15) is 0 Å². The molecule has 1 aliphatic heterocycles. The number of rotatable bonds is 3. The summed E-state index contributed by atoms with van der Waals surface area (Å²) in [5.74, 6) is 0. The molecule has 0 aliphatic carbocycles. The third-order valence-corrected chi connectivity index (χ3v) is 3.92. The summed E-state index contributed by atoms with van der Waals surface area (Å²) in [5.41, 5.74) is 0. The lowest BCUT2D eigenvalue weighted by Gasteiger charge is -2.26. The zero-order valence-corrected chi connectivity index (χ0v) is 12.1. The van der Waals surface area contributed by atoms with Crippen molar-refractivity contribution in [2.75, 3.05) is 5.32 Å². The fourth-order valence-corrected chi connectivity index (χ4v) is 2.99. The topological polar surface area (TPSA) is 66.4 Å². The predicted molar refractivity (Wildman–Crippen MR) is 73.3 cm³/mol. The van der Waals surface area contributed by atoms with E-state index >= 15 is 0 Å². The Balaban J connectivity index is 2.01. The van der Waals surface area contributed by atoms with Crippen molar-refractivity contribution >= 4 is 53.9 Å². The number of aliphatic imine (C=N–C) groups is 1. The van der Waals surface area contributed by atoms with E-state index in [1.165, 1.54) is 17.5 Å². The summed E-state index contributed by atoms with van der Waals surface area (Å²) in [4.78, 5) is 19.7. The van der Waals surface area contributed by atoms with Crippen LogP contribution in [0.5, 0.6) is 0 Å². The molecule has 1 aromatic rings. The largest absolute Gasteiger partial charge is 0.346 e. The van der Waals surface area contributed by atoms with Crippen LogP contribution in [0.4, 0.5) is 5.13 Å². The van der Waals surface area contributed by atoms with Gasteiger partial charge in [0.05, 0.1) is 23.1 Å². The van der Waals surface area contributed by atoms with Crippen molar-refractivity contribution in [2.24, 2.45) is 4.99 Å². The molecular formula is C9H10BrClN4OS. The van der Waals surface area contributed by atoms with Crippen molar-refractivity contribution in [3.63, 3.8) is 0 Å². The van der Waals surface area contributed by atoms with Gasteiger partial charge in [0.1, 0.15) is 4.88 Å². The zero-order valence-electron chi connectivity index (χ0n) is 8.91. The van der Waals surface area contributed by atoms with Gasteiger partial charge in [0, 0.05) is 6.42 Å². The second-order valence-corrected chi connectivity index (χ2v) is 5.84. The lowest BCUT2D eigenvalue weighted by Crippen LogP contribution is -2.45. The van der Waals surface area contributed by atoms with Crippen molar-refractivity contribution in [1.29, 1.82) is 0 Å². The Morgan fingerprint density at radius 1 is 1.76 bits per heavy atom. The van der Waals surface area contributed by atoms with Crippen LogP contribution in [0, 0.1) is 0 Å². The summed E-state index contributed by atoms with van der Waals surface area (Å²) in [7, 11) is 0. The first-order valence-corrected chi connectivity index (χ1v) is 6.94. The van der Waals surface area contributed by atoms with E-state index in [-0.39, 0.29) is 12.3 Å². The zero-order chi connectivity index (χ0) is 12.4. The summed E-state index contributed by atoms with van der Waals surface area (Å²) in [6.07, 6.45) is 2.29. The maximum absolute atomic E-state index is 10.9. The van der Waals surface area contributed by atoms with Crippen molar-refractivity contribution in [3.8, 4) is 0 Å². The Morgan fingerprint density at radius 3 is 3.12 bits per heavy atom. The molecule has 1 aromatic heterocycles. The average molecular weight is 338 g/mol. The van der Waals surface area contributed by atoms with E-state index in [1.54, 1.807) is 0 Å². The molecular weight excluding hydrogens is 328 g/mol. The first kappa shape index (κ1) is 12.9. The molecule has 2 rings (SSSR count). The molecule has 0 unspecified atom stereocenters. The highest BCUT2D eigenvalue weighted by molar-refractivity contribution is 9.18. The summed E-state index contributed by atoms with van der Waals surface area (Å²) < 4.78 is 0.909. The van der Waals surface area contributed by atoms with Gasteiger partial charge < -0.3 is 5.32 Å². The molecule has 0 saturated carbocycles. The third-order valence-electron chi connectivity index (χ3n) is 2.15. The summed E-state index contributed by atoms with van der Waals surface area (Å²) >= 11 is 9.99. The van der Waals surface area contributed by atoms with Crippen LogP contribution < -0.4 is 10.6 Å². The summed E-state index contributed by atoms with van der Waals surface area (Å²) in [5, 5.41) is 6.63. The van der Waals surface area contributed by atoms with Gasteiger partial charge in [0.15, 0.2) is 5.13 Å². The Kier molecular flexibility index (Phi) is 4.13. The molecule has 0 aromatic carbocycles. The van der Waals surface area contributed by atoms with E-state index in [4.69, 9.17) is 11.6 Å². The molecule has 5 nitrogen and oxygen atoms in total. The van der Waals surface area contributed by atoms with Gasteiger partial charge in [-0.05, 0) is 34.5 Å². The van der Waals surface area contributed by atoms with Crippen LogP contribution in [-0.4, -0.2) is 27.2 Å². The van der Waals surface area contributed by atoms with Crippen molar-refractivity contribution in [1.82, 2.24) is 10.3 Å².